The van der Waals surface area contributed by atoms with Gasteiger partial charge in [0.25, 0.3) is 5.56 Å². The summed E-state index contributed by atoms with van der Waals surface area (Å²) in [5.41, 5.74) is 8.97. The molecule has 1 unspecified atom stereocenters. The van der Waals surface area contributed by atoms with Gasteiger partial charge in [0.2, 0.25) is 5.95 Å². The minimum Gasteiger partial charge on any atom is -0.463 e. The van der Waals surface area contributed by atoms with Crippen molar-refractivity contribution in [3.8, 4) is 5.75 Å². The minimum atomic E-state index is -4.56. The number of aliphatic hydroxyl groups is 1. The van der Waals surface area contributed by atoms with Crippen LogP contribution in [0.3, 0.4) is 0 Å². The number of H-pyrrole nitrogens is 1. The van der Waals surface area contributed by atoms with Crippen LogP contribution in [-0.4, -0.2) is 68.9 Å². The maximum Gasteiger partial charge on any atom is 0.380 e. The summed E-state index contributed by atoms with van der Waals surface area (Å²) in [5.74, 6) is -1.98. The molecule has 3 heterocycles. The number of halogens is 1. The molecule has 40 heavy (non-hydrogen) atoms. The van der Waals surface area contributed by atoms with Gasteiger partial charge in [-0.15, -0.1) is 0 Å². The van der Waals surface area contributed by atoms with Crippen LogP contribution in [0.25, 0.3) is 11.0 Å². The second kappa shape index (κ2) is 11.7. The number of carbonyl (C=O) groups is 1. The molecule has 15 heteroatoms. The van der Waals surface area contributed by atoms with Crippen LogP contribution in [0.5, 0.6) is 5.75 Å². The Bertz CT molecular complexity index is 1540. The summed E-state index contributed by atoms with van der Waals surface area (Å²) < 4.78 is 69.0. The highest BCUT2D eigenvalue weighted by Crippen LogP contribution is 2.51. The number of rotatable bonds is 11. The quantitative estimate of drug-likeness (QED) is 0.191. The summed E-state index contributed by atoms with van der Waals surface area (Å²) in [6.07, 6.45) is -5.47. The average Bonchev–Trinajstić information content (AvgIpc) is 3.42. The van der Waals surface area contributed by atoms with Gasteiger partial charge in [-0.05, 0) is 32.0 Å². The van der Waals surface area contributed by atoms with Crippen LogP contribution in [0.2, 0.25) is 0 Å². The number of nitrogens with one attached hydrogen (secondary N) is 1. The molecule has 6 N–H and O–H groups in total. The van der Waals surface area contributed by atoms with Crippen LogP contribution in [0.4, 0.5) is 10.3 Å². The molecule has 1 aromatic carbocycles. The zero-order chi connectivity index (χ0) is 31.0. The average molecular weight is 584 g/mol. The van der Waals surface area contributed by atoms with Crippen molar-refractivity contribution < 1.29 is 40.1 Å². The van der Waals surface area contributed by atoms with Crippen molar-refractivity contribution in [2.45, 2.75) is 50.8 Å². The predicted molar refractivity (Wildman–Crippen MR) is 143 cm³/mol. The highest BCUT2D eigenvalue weighted by atomic mass is 31.2. The molecule has 13 nitrogen and oxygen atoms in total. The maximum absolute atomic E-state index is 14.5. The van der Waals surface area contributed by atoms with Crippen molar-refractivity contribution >= 4 is 30.5 Å². The SMILES string of the molecule is [2H]C([2H])(O[P@](=O)(C[C@@H](C)C(=O)OC(C)C)Oc1ccccc1)[C@H]1O[C@@H](n2ccc3c(=O)[nH]c(N)nc32)C(N)(CF)[C@H]1O. The fraction of sp³-hybridized carbons (Fsp3) is 0.480. The lowest BCUT2D eigenvalue weighted by molar-refractivity contribution is -0.151. The lowest BCUT2D eigenvalue weighted by atomic mass is 9.92. The number of nitrogens with zero attached hydrogens (tertiary/aromatic N) is 2. The molecule has 1 fully saturated rings. The lowest BCUT2D eigenvalue weighted by Gasteiger charge is -2.30. The van der Waals surface area contributed by atoms with Gasteiger partial charge in [-0.25, -0.2) is 8.96 Å². The van der Waals surface area contributed by atoms with E-state index in [4.69, 9.17) is 32.7 Å². The zero-order valence-corrected chi connectivity index (χ0v) is 22.9. The van der Waals surface area contributed by atoms with E-state index in [-0.39, 0.29) is 22.7 Å². The third kappa shape index (κ3) is 6.06. The number of carbonyl (C=O) groups excluding carboxylic acids is 1. The number of aromatic amines is 1. The molecule has 0 aliphatic carbocycles. The number of anilines is 1. The first-order valence-corrected chi connectivity index (χ1v) is 14.1. The largest absolute Gasteiger partial charge is 0.463 e. The Morgan fingerprint density at radius 3 is 2.70 bits per heavy atom. The van der Waals surface area contributed by atoms with Gasteiger partial charge in [0.1, 0.15) is 30.2 Å². The fourth-order valence-electron chi connectivity index (χ4n) is 4.20. The number of esters is 1. The molecule has 1 saturated heterocycles. The van der Waals surface area contributed by atoms with E-state index in [2.05, 4.69) is 9.97 Å². The van der Waals surface area contributed by atoms with E-state index in [1.165, 1.54) is 31.3 Å². The number of nitrogens with two attached hydrogens (primary N) is 2. The summed E-state index contributed by atoms with van der Waals surface area (Å²) >= 11 is 0. The molecular weight excluding hydrogens is 548 g/mol. The molecule has 4 rings (SSSR count). The Balaban J connectivity index is 1.68. The number of nitrogen functional groups attached to an aromatic ring is 1. The van der Waals surface area contributed by atoms with E-state index in [9.17, 15) is 23.7 Å². The number of alkyl halides is 1. The maximum atomic E-state index is 14.5. The van der Waals surface area contributed by atoms with E-state index >= 15 is 0 Å². The van der Waals surface area contributed by atoms with Crippen LogP contribution >= 0.6 is 7.60 Å². The van der Waals surface area contributed by atoms with Gasteiger partial charge in [0.05, 0.1) is 32.9 Å². The number of hydrogen-bond acceptors (Lipinski definition) is 11. The summed E-state index contributed by atoms with van der Waals surface area (Å²) in [6.45, 7) is 0.153. The topological polar surface area (TPSA) is 194 Å². The van der Waals surface area contributed by atoms with Gasteiger partial charge < -0.3 is 35.1 Å². The van der Waals surface area contributed by atoms with Crippen molar-refractivity contribution in [3.63, 3.8) is 0 Å². The Kier molecular flexibility index (Phi) is 7.85. The van der Waals surface area contributed by atoms with Crippen molar-refractivity contribution in [2.75, 3.05) is 25.1 Å². The van der Waals surface area contributed by atoms with Crippen LogP contribution < -0.4 is 21.6 Å². The molecule has 1 aliphatic heterocycles. The van der Waals surface area contributed by atoms with E-state index in [1.54, 1.807) is 32.0 Å². The van der Waals surface area contributed by atoms with Gasteiger partial charge >= 0.3 is 13.6 Å². The summed E-state index contributed by atoms with van der Waals surface area (Å²) in [7, 11) is -4.56. The molecule has 218 valence electrons. The number of para-hydroxylation sites is 1. The predicted octanol–water partition coefficient (Wildman–Crippen LogP) is 2.11. The Morgan fingerprint density at radius 2 is 2.05 bits per heavy atom. The highest BCUT2D eigenvalue weighted by Gasteiger charge is 2.56. The third-order valence-corrected chi connectivity index (χ3v) is 8.07. The molecule has 0 spiro atoms. The van der Waals surface area contributed by atoms with Gasteiger partial charge in [0.15, 0.2) is 11.9 Å². The fourth-order valence-corrected chi connectivity index (χ4v) is 5.92. The second-order valence-electron chi connectivity index (χ2n) is 9.80. The number of aliphatic hydroxyl groups excluding tert-OH is 1. The van der Waals surface area contributed by atoms with Crippen LogP contribution in [0.15, 0.2) is 47.4 Å². The second-order valence-corrected chi connectivity index (χ2v) is 11.8. The molecule has 0 amide bonds. The van der Waals surface area contributed by atoms with Gasteiger partial charge in [-0.1, -0.05) is 25.1 Å². The molecular formula is C25H33FN5O8P. The first-order chi connectivity index (χ1) is 19.6. The number of aromatic nitrogens is 3. The zero-order valence-electron chi connectivity index (χ0n) is 24.0. The third-order valence-electron chi connectivity index (χ3n) is 6.20. The Labute approximate surface area is 231 Å². The van der Waals surface area contributed by atoms with Crippen LogP contribution in [-0.2, 0) is 23.4 Å². The van der Waals surface area contributed by atoms with E-state index in [0.717, 1.165) is 4.57 Å². The number of fused-ring (bicyclic) bond motifs is 1. The van der Waals surface area contributed by atoms with Crippen molar-refractivity contribution in [3.05, 3.63) is 52.9 Å². The van der Waals surface area contributed by atoms with Crippen molar-refractivity contribution in [2.24, 2.45) is 11.7 Å². The van der Waals surface area contributed by atoms with E-state index in [1.807, 2.05) is 0 Å². The van der Waals surface area contributed by atoms with E-state index in [0.29, 0.717) is 0 Å². The molecule has 2 aromatic heterocycles. The summed E-state index contributed by atoms with van der Waals surface area (Å²) in [4.78, 5) is 31.2. The monoisotopic (exact) mass is 583 g/mol. The Hall–Kier alpha value is -3.29. The number of hydrogen-bond donors (Lipinski definition) is 4. The van der Waals surface area contributed by atoms with Gasteiger partial charge in [-0.3, -0.25) is 19.1 Å². The molecule has 0 saturated carbocycles. The first-order valence-electron chi connectivity index (χ1n) is 13.4. The molecule has 0 bridgehead atoms. The normalized spacial score (nSPS) is 26.2. The minimum absolute atomic E-state index is 0.0502. The first kappa shape index (κ1) is 26.9. The summed E-state index contributed by atoms with van der Waals surface area (Å²) in [5, 5.41) is 11.2. The molecule has 1 aliphatic rings. The van der Waals surface area contributed by atoms with E-state index < -0.39 is 74.5 Å². The Morgan fingerprint density at radius 1 is 1.35 bits per heavy atom. The van der Waals surface area contributed by atoms with Crippen molar-refractivity contribution in [1.82, 2.24) is 14.5 Å². The standard InChI is InChI=1S/C25H33FN5O8P/c1-14(2)37-22(34)15(3)12-40(35,39-16-7-5-4-6-8-16)36-11-18-19(32)25(28,13-26)23(38-18)31-10-9-17-20(31)29-24(27)30-21(17)33/h4-10,14-15,18-19,23,32H,11-13,28H2,1-3H3,(H3,27,29,30,33)/t15-,18-,19+,23-,25?,40-/m1/s1/i11D2. The number of benzene rings is 1. The smallest absolute Gasteiger partial charge is 0.380 e. The summed E-state index contributed by atoms with van der Waals surface area (Å²) in [6, 6.07) is 9.07. The van der Waals surface area contributed by atoms with Crippen molar-refractivity contribution in [1.29, 1.82) is 0 Å². The molecule has 6 atom stereocenters. The molecule has 0 radical (unpaired) electrons. The lowest BCUT2D eigenvalue weighted by Crippen LogP contribution is -2.56. The highest BCUT2D eigenvalue weighted by molar-refractivity contribution is 7.54. The van der Waals surface area contributed by atoms with Gasteiger partial charge in [-0.2, -0.15) is 4.98 Å². The number of ether oxygens (including phenoxy) is 2. The van der Waals surface area contributed by atoms with Gasteiger partial charge in [0, 0.05) is 6.20 Å². The molecule has 3 aromatic rings. The van der Waals surface area contributed by atoms with Crippen LogP contribution in [0, 0.1) is 5.92 Å². The van der Waals surface area contributed by atoms with Crippen LogP contribution in [0.1, 0.15) is 29.7 Å².